The molecular weight excluding hydrogens is 322 g/mol. The molecule has 1 atom stereocenters. The lowest BCUT2D eigenvalue weighted by molar-refractivity contribution is -0.384. The Bertz CT molecular complexity index is 872. The third-order valence-electron chi connectivity index (χ3n) is 3.73. The predicted molar refractivity (Wildman–Crippen MR) is 93.6 cm³/mol. The summed E-state index contributed by atoms with van der Waals surface area (Å²) in [6, 6.07) is 13.0. The van der Waals surface area contributed by atoms with Crippen LogP contribution in [0.3, 0.4) is 0 Å². The van der Waals surface area contributed by atoms with Crippen LogP contribution in [-0.2, 0) is 0 Å². The first-order valence-electron chi connectivity index (χ1n) is 7.60. The maximum absolute atomic E-state index is 12.0. The summed E-state index contributed by atoms with van der Waals surface area (Å²) in [6.07, 6.45) is 3.30. The standard InChI is InChI=1S/C18H15N3O4/c1-12-15(10-14-4-2-3-5-17(14)25-12)11-19-20-18(22)13-6-8-16(9-7-13)21(23)24/h2-12H,1H3,(H,20,22). The van der Waals surface area contributed by atoms with Crippen molar-refractivity contribution in [3.05, 3.63) is 75.3 Å². The minimum atomic E-state index is -0.519. The number of carbonyl (C=O) groups is 1. The van der Waals surface area contributed by atoms with E-state index in [-0.39, 0.29) is 17.4 Å². The van der Waals surface area contributed by atoms with Gasteiger partial charge in [0.25, 0.3) is 11.6 Å². The molecule has 0 saturated heterocycles. The number of para-hydroxylation sites is 1. The highest BCUT2D eigenvalue weighted by molar-refractivity contribution is 5.95. The molecule has 7 heteroatoms. The van der Waals surface area contributed by atoms with Gasteiger partial charge in [-0.1, -0.05) is 18.2 Å². The van der Waals surface area contributed by atoms with Crippen LogP contribution in [-0.4, -0.2) is 23.1 Å². The second-order valence-electron chi connectivity index (χ2n) is 5.45. The van der Waals surface area contributed by atoms with Crippen LogP contribution in [0.5, 0.6) is 5.75 Å². The molecule has 0 spiro atoms. The number of benzene rings is 2. The summed E-state index contributed by atoms with van der Waals surface area (Å²) in [5.41, 5.74) is 4.39. The fourth-order valence-electron chi connectivity index (χ4n) is 2.37. The SMILES string of the molecule is CC1Oc2ccccc2C=C1C=NNC(=O)c1ccc([N+](=O)[O-])cc1. The lowest BCUT2D eigenvalue weighted by Crippen LogP contribution is -2.22. The number of fused-ring (bicyclic) bond motifs is 1. The quantitative estimate of drug-likeness (QED) is 0.527. The number of ether oxygens (including phenoxy) is 1. The molecule has 1 aliphatic rings. The first kappa shape index (κ1) is 16.4. The minimum Gasteiger partial charge on any atom is -0.485 e. The highest BCUT2D eigenvalue weighted by Crippen LogP contribution is 2.28. The molecule has 0 bridgehead atoms. The fraction of sp³-hybridized carbons (Fsp3) is 0.111. The van der Waals surface area contributed by atoms with Crippen LogP contribution in [0.4, 0.5) is 5.69 Å². The van der Waals surface area contributed by atoms with Gasteiger partial charge in [-0.15, -0.1) is 0 Å². The van der Waals surface area contributed by atoms with E-state index in [2.05, 4.69) is 10.5 Å². The minimum absolute atomic E-state index is 0.0722. The number of amides is 1. The number of nitro groups is 1. The van der Waals surface area contributed by atoms with E-state index in [0.717, 1.165) is 16.9 Å². The Morgan fingerprint density at radius 3 is 2.68 bits per heavy atom. The van der Waals surface area contributed by atoms with Crippen molar-refractivity contribution >= 4 is 23.9 Å². The molecule has 1 unspecified atom stereocenters. The van der Waals surface area contributed by atoms with Crippen LogP contribution in [0.25, 0.3) is 6.08 Å². The Morgan fingerprint density at radius 1 is 1.24 bits per heavy atom. The van der Waals surface area contributed by atoms with Gasteiger partial charge in [0.05, 0.1) is 11.1 Å². The molecule has 1 amide bonds. The zero-order chi connectivity index (χ0) is 17.8. The van der Waals surface area contributed by atoms with E-state index < -0.39 is 10.8 Å². The van der Waals surface area contributed by atoms with Crippen molar-refractivity contribution in [3.63, 3.8) is 0 Å². The normalized spacial score (nSPS) is 15.9. The van der Waals surface area contributed by atoms with Crippen LogP contribution in [0.2, 0.25) is 0 Å². The van der Waals surface area contributed by atoms with Crippen LogP contribution >= 0.6 is 0 Å². The van der Waals surface area contributed by atoms with Crippen LogP contribution in [0, 0.1) is 10.1 Å². The number of nitrogens with zero attached hydrogens (tertiary/aromatic N) is 2. The number of carbonyl (C=O) groups excluding carboxylic acids is 1. The zero-order valence-electron chi connectivity index (χ0n) is 13.4. The maximum atomic E-state index is 12.0. The lowest BCUT2D eigenvalue weighted by Gasteiger charge is -2.22. The van der Waals surface area contributed by atoms with E-state index in [0.29, 0.717) is 0 Å². The highest BCUT2D eigenvalue weighted by Gasteiger charge is 2.17. The molecule has 2 aromatic rings. The van der Waals surface area contributed by atoms with Crippen molar-refractivity contribution in [2.45, 2.75) is 13.0 Å². The Morgan fingerprint density at radius 2 is 1.96 bits per heavy atom. The van der Waals surface area contributed by atoms with E-state index in [1.54, 1.807) is 0 Å². The Balaban J connectivity index is 1.67. The summed E-state index contributed by atoms with van der Waals surface area (Å²) in [6.45, 7) is 1.89. The number of non-ortho nitro benzene ring substituents is 1. The van der Waals surface area contributed by atoms with E-state index in [9.17, 15) is 14.9 Å². The first-order chi connectivity index (χ1) is 12.0. The molecule has 7 nitrogen and oxygen atoms in total. The highest BCUT2D eigenvalue weighted by atomic mass is 16.6. The van der Waals surface area contributed by atoms with Crippen molar-refractivity contribution in [2.75, 3.05) is 0 Å². The number of rotatable bonds is 4. The molecule has 126 valence electrons. The Hall–Kier alpha value is -3.48. The maximum Gasteiger partial charge on any atom is 0.271 e. The summed E-state index contributed by atoms with van der Waals surface area (Å²) in [5, 5.41) is 14.6. The molecule has 0 fully saturated rings. The second-order valence-corrected chi connectivity index (χ2v) is 5.45. The molecule has 0 aromatic heterocycles. The van der Waals surface area contributed by atoms with Crippen molar-refractivity contribution in [1.29, 1.82) is 0 Å². The number of hydrogen-bond acceptors (Lipinski definition) is 5. The molecule has 0 saturated carbocycles. The Kier molecular flexibility index (Phi) is 4.56. The van der Waals surface area contributed by atoms with Gasteiger partial charge in [0.1, 0.15) is 11.9 Å². The van der Waals surface area contributed by atoms with E-state index in [4.69, 9.17) is 4.74 Å². The molecule has 1 N–H and O–H groups in total. The molecule has 1 aliphatic heterocycles. The van der Waals surface area contributed by atoms with E-state index in [1.165, 1.54) is 30.5 Å². The van der Waals surface area contributed by atoms with Gasteiger partial charge in [0.2, 0.25) is 0 Å². The fourth-order valence-corrected chi connectivity index (χ4v) is 2.37. The molecule has 0 radical (unpaired) electrons. The number of nitrogens with one attached hydrogen (secondary N) is 1. The van der Waals surface area contributed by atoms with Gasteiger partial charge in [-0.2, -0.15) is 5.10 Å². The van der Waals surface area contributed by atoms with Gasteiger partial charge in [-0.05, 0) is 31.2 Å². The van der Waals surface area contributed by atoms with E-state index >= 15 is 0 Å². The second kappa shape index (κ2) is 6.96. The van der Waals surface area contributed by atoms with Crippen molar-refractivity contribution in [2.24, 2.45) is 5.10 Å². The van der Waals surface area contributed by atoms with E-state index in [1.807, 2.05) is 37.3 Å². The summed E-state index contributed by atoms with van der Waals surface area (Å²) in [4.78, 5) is 22.1. The topological polar surface area (TPSA) is 93.8 Å². The lowest BCUT2D eigenvalue weighted by atomic mass is 10.0. The largest absolute Gasteiger partial charge is 0.485 e. The van der Waals surface area contributed by atoms with Crippen LogP contribution in [0.15, 0.2) is 59.2 Å². The predicted octanol–water partition coefficient (Wildman–Crippen LogP) is 3.17. The van der Waals surface area contributed by atoms with Crippen molar-refractivity contribution in [3.8, 4) is 5.75 Å². The van der Waals surface area contributed by atoms with Crippen LogP contribution in [0.1, 0.15) is 22.8 Å². The van der Waals surface area contributed by atoms with Gasteiger partial charge >= 0.3 is 0 Å². The number of nitro benzene ring substituents is 1. The monoisotopic (exact) mass is 337 g/mol. The molecule has 0 aliphatic carbocycles. The summed E-state index contributed by atoms with van der Waals surface area (Å²) in [7, 11) is 0. The molecule has 1 heterocycles. The smallest absolute Gasteiger partial charge is 0.271 e. The first-order valence-corrected chi connectivity index (χ1v) is 7.60. The molecule has 2 aromatic carbocycles. The average molecular weight is 337 g/mol. The third kappa shape index (κ3) is 3.72. The van der Waals surface area contributed by atoms with Crippen molar-refractivity contribution < 1.29 is 14.5 Å². The molecular formula is C18H15N3O4. The van der Waals surface area contributed by atoms with Gasteiger partial charge in [0.15, 0.2) is 0 Å². The number of hydrogen-bond donors (Lipinski definition) is 1. The summed E-state index contributed by atoms with van der Waals surface area (Å²) < 4.78 is 5.79. The molecule has 3 rings (SSSR count). The van der Waals surface area contributed by atoms with Gasteiger partial charge < -0.3 is 4.74 Å². The Labute approximate surface area is 143 Å². The molecule has 25 heavy (non-hydrogen) atoms. The van der Waals surface area contributed by atoms with Gasteiger partial charge in [-0.25, -0.2) is 5.43 Å². The van der Waals surface area contributed by atoms with Gasteiger partial charge in [-0.3, -0.25) is 14.9 Å². The average Bonchev–Trinajstić information content (AvgIpc) is 2.62. The summed E-state index contributed by atoms with van der Waals surface area (Å²) >= 11 is 0. The van der Waals surface area contributed by atoms with Gasteiger partial charge in [0, 0.05) is 28.8 Å². The van der Waals surface area contributed by atoms with Crippen LogP contribution < -0.4 is 10.2 Å². The summed E-state index contributed by atoms with van der Waals surface area (Å²) in [5.74, 6) is 0.360. The van der Waals surface area contributed by atoms with Crippen molar-refractivity contribution in [1.82, 2.24) is 5.43 Å². The number of hydrazone groups is 1. The third-order valence-corrected chi connectivity index (χ3v) is 3.73. The zero-order valence-corrected chi connectivity index (χ0v) is 13.4.